The first-order valence-electron chi connectivity index (χ1n) is 10.7. The molecule has 33 heavy (non-hydrogen) atoms. The van der Waals surface area contributed by atoms with Crippen LogP contribution in [0.5, 0.6) is 0 Å². The Labute approximate surface area is 197 Å². The summed E-state index contributed by atoms with van der Waals surface area (Å²) in [6, 6.07) is 10.9. The molecule has 1 aromatic carbocycles. The first-order valence-corrected chi connectivity index (χ1v) is 11.0. The maximum absolute atomic E-state index is 12.9. The molecule has 2 atom stereocenters. The lowest BCUT2D eigenvalue weighted by Gasteiger charge is -2.43. The number of ether oxygens (including phenoxy) is 1. The van der Waals surface area contributed by atoms with Crippen molar-refractivity contribution in [2.45, 2.75) is 44.1 Å². The number of amides is 1. The lowest BCUT2D eigenvalue weighted by atomic mass is 9.71. The number of rotatable bonds is 4. The zero-order valence-corrected chi connectivity index (χ0v) is 19.5. The number of allylic oxidation sites excluding steroid dienone is 2. The van der Waals surface area contributed by atoms with Gasteiger partial charge in [0.2, 0.25) is 0 Å². The molecule has 0 saturated carbocycles. The van der Waals surface area contributed by atoms with Gasteiger partial charge in [-0.1, -0.05) is 62.7 Å². The molecule has 0 bridgehead atoms. The summed E-state index contributed by atoms with van der Waals surface area (Å²) >= 11 is 6.40. The molecular weight excluding hydrogens is 442 g/mol. The topological polar surface area (TPSA) is 106 Å². The number of benzene rings is 1. The van der Waals surface area contributed by atoms with Crippen LogP contribution in [-0.2, 0) is 25.2 Å². The molecular formula is C25H26ClN3O4. The van der Waals surface area contributed by atoms with E-state index in [0.29, 0.717) is 22.1 Å². The van der Waals surface area contributed by atoms with Crippen molar-refractivity contribution in [3.8, 4) is 0 Å². The molecule has 0 fully saturated rings. The second-order valence-electron chi connectivity index (χ2n) is 9.29. The normalized spacial score (nSPS) is 22.5. The van der Waals surface area contributed by atoms with Crippen LogP contribution in [0.25, 0.3) is 0 Å². The SMILES string of the molecule is CC(C)(C)c1ccc(C2(C(=O)O)CC=CC3=C2OC(C(N)=O)CN3c2ncccc2Cl)cc1. The zero-order chi connectivity index (χ0) is 24.0. The Hall–Kier alpha value is -3.32. The van der Waals surface area contributed by atoms with Crippen LogP contribution in [0.1, 0.15) is 38.3 Å². The van der Waals surface area contributed by atoms with Gasteiger partial charge in [0, 0.05) is 6.20 Å². The van der Waals surface area contributed by atoms with Crippen LogP contribution in [-0.4, -0.2) is 34.6 Å². The van der Waals surface area contributed by atoms with Crippen LogP contribution < -0.4 is 10.6 Å². The van der Waals surface area contributed by atoms with Crippen molar-refractivity contribution in [1.29, 1.82) is 0 Å². The summed E-state index contributed by atoms with van der Waals surface area (Å²) < 4.78 is 6.03. The summed E-state index contributed by atoms with van der Waals surface area (Å²) in [5, 5.41) is 10.9. The minimum atomic E-state index is -1.53. The van der Waals surface area contributed by atoms with Crippen LogP contribution in [0.3, 0.4) is 0 Å². The lowest BCUT2D eigenvalue weighted by molar-refractivity contribution is -0.146. The number of anilines is 1. The molecule has 0 radical (unpaired) electrons. The maximum atomic E-state index is 12.9. The van der Waals surface area contributed by atoms with E-state index in [-0.39, 0.29) is 24.1 Å². The van der Waals surface area contributed by atoms with Crippen molar-refractivity contribution in [3.63, 3.8) is 0 Å². The van der Waals surface area contributed by atoms with Crippen molar-refractivity contribution in [2.75, 3.05) is 11.4 Å². The highest BCUT2D eigenvalue weighted by atomic mass is 35.5. The average molecular weight is 468 g/mol. The molecule has 8 heteroatoms. The fourth-order valence-corrected chi connectivity index (χ4v) is 4.51. The third-order valence-electron chi connectivity index (χ3n) is 6.14. The number of nitrogens with zero attached hydrogens (tertiary/aromatic N) is 2. The Morgan fingerprint density at radius 3 is 2.52 bits per heavy atom. The highest BCUT2D eigenvalue weighted by Gasteiger charge is 2.51. The molecule has 172 valence electrons. The molecule has 0 saturated heterocycles. The fraction of sp³-hybridized carbons (Fsp3) is 0.320. The standard InChI is InChI=1S/C25H26ClN3O4/c1-24(2,3)15-8-10-16(11-9-15)25(23(31)32)12-4-7-18-20(25)33-19(21(27)30)14-29(18)22-17(26)6-5-13-28-22/h4-11,13,19H,12,14H2,1-3H3,(H2,27,30)(H,31,32). The number of halogens is 1. The van der Waals surface area contributed by atoms with E-state index in [4.69, 9.17) is 22.1 Å². The van der Waals surface area contributed by atoms with E-state index in [9.17, 15) is 14.7 Å². The van der Waals surface area contributed by atoms with Gasteiger partial charge in [-0.25, -0.2) is 4.98 Å². The number of aliphatic carboxylic acids is 1. The van der Waals surface area contributed by atoms with Gasteiger partial charge in [-0.3, -0.25) is 9.59 Å². The van der Waals surface area contributed by atoms with Crippen molar-refractivity contribution in [2.24, 2.45) is 5.73 Å². The van der Waals surface area contributed by atoms with Crippen molar-refractivity contribution in [1.82, 2.24) is 4.98 Å². The highest BCUT2D eigenvalue weighted by Crippen LogP contribution is 2.46. The van der Waals surface area contributed by atoms with Crippen molar-refractivity contribution in [3.05, 3.63) is 82.4 Å². The summed E-state index contributed by atoms with van der Waals surface area (Å²) in [5.74, 6) is -1.23. The zero-order valence-electron chi connectivity index (χ0n) is 18.7. The first kappa shape index (κ1) is 22.9. The summed E-state index contributed by atoms with van der Waals surface area (Å²) in [4.78, 5) is 31.1. The number of pyridine rings is 1. The molecule has 2 aliphatic rings. The van der Waals surface area contributed by atoms with Crippen LogP contribution in [0.15, 0.2) is 66.2 Å². The second-order valence-corrected chi connectivity index (χ2v) is 9.69. The molecule has 1 amide bonds. The number of primary amides is 1. The van der Waals surface area contributed by atoms with Gasteiger partial charge < -0.3 is 20.5 Å². The van der Waals surface area contributed by atoms with E-state index >= 15 is 0 Å². The largest absolute Gasteiger partial charge is 0.480 e. The van der Waals surface area contributed by atoms with E-state index in [1.807, 2.05) is 24.3 Å². The second kappa shape index (κ2) is 8.23. The van der Waals surface area contributed by atoms with Crippen LogP contribution in [0.2, 0.25) is 5.02 Å². The predicted octanol–water partition coefficient (Wildman–Crippen LogP) is 3.92. The molecule has 2 heterocycles. The Morgan fingerprint density at radius 2 is 1.94 bits per heavy atom. The third-order valence-corrected chi connectivity index (χ3v) is 6.44. The van der Waals surface area contributed by atoms with Crippen LogP contribution >= 0.6 is 11.6 Å². The van der Waals surface area contributed by atoms with Crippen molar-refractivity contribution >= 4 is 29.3 Å². The number of nitrogens with two attached hydrogens (primary N) is 1. The molecule has 3 N–H and O–H groups in total. The van der Waals surface area contributed by atoms with E-state index < -0.39 is 23.4 Å². The minimum absolute atomic E-state index is 0.0634. The van der Waals surface area contributed by atoms with Gasteiger partial charge in [0.15, 0.2) is 17.3 Å². The Kier molecular flexibility index (Phi) is 5.70. The molecule has 1 aliphatic heterocycles. The maximum Gasteiger partial charge on any atom is 0.322 e. The predicted molar refractivity (Wildman–Crippen MR) is 126 cm³/mol. The van der Waals surface area contributed by atoms with E-state index in [1.165, 1.54) is 0 Å². The summed E-state index contributed by atoms with van der Waals surface area (Å²) in [7, 11) is 0. The lowest BCUT2D eigenvalue weighted by Crippen LogP contribution is -2.52. The summed E-state index contributed by atoms with van der Waals surface area (Å²) in [6.45, 7) is 6.34. The summed E-state index contributed by atoms with van der Waals surface area (Å²) in [5.41, 5.74) is 6.10. The minimum Gasteiger partial charge on any atom is -0.480 e. The Bertz CT molecular complexity index is 1170. The monoisotopic (exact) mass is 467 g/mol. The Balaban J connectivity index is 1.93. The van der Waals surface area contributed by atoms with Crippen LogP contribution in [0.4, 0.5) is 5.82 Å². The number of hydrogen-bond donors (Lipinski definition) is 2. The molecule has 0 spiro atoms. The number of carbonyl (C=O) groups is 2. The average Bonchev–Trinajstić information content (AvgIpc) is 2.77. The van der Waals surface area contributed by atoms with Crippen molar-refractivity contribution < 1.29 is 19.4 Å². The quantitative estimate of drug-likeness (QED) is 0.706. The molecule has 4 rings (SSSR count). The highest BCUT2D eigenvalue weighted by molar-refractivity contribution is 6.33. The van der Waals surface area contributed by atoms with E-state index in [0.717, 1.165) is 5.56 Å². The van der Waals surface area contributed by atoms with E-state index in [2.05, 4.69) is 25.8 Å². The van der Waals surface area contributed by atoms with Gasteiger partial charge in [-0.15, -0.1) is 0 Å². The first-order chi connectivity index (χ1) is 15.6. The molecule has 1 aliphatic carbocycles. The molecule has 1 aromatic heterocycles. The van der Waals surface area contributed by atoms with Gasteiger partial charge in [-0.05, 0) is 41.2 Å². The van der Waals surface area contributed by atoms with Gasteiger partial charge in [-0.2, -0.15) is 0 Å². The number of carbonyl (C=O) groups excluding carboxylic acids is 1. The molecule has 7 nitrogen and oxygen atoms in total. The number of aromatic nitrogens is 1. The molecule has 2 unspecified atom stereocenters. The van der Waals surface area contributed by atoms with Crippen LogP contribution in [0, 0.1) is 0 Å². The number of carboxylic acid groups (broad SMARTS) is 1. The van der Waals surface area contributed by atoms with Gasteiger partial charge in [0.25, 0.3) is 5.91 Å². The number of carboxylic acids is 1. The third kappa shape index (κ3) is 3.86. The molecule has 2 aromatic rings. The smallest absolute Gasteiger partial charge is 0.322 e. The van der Waals surface area contributed by atoms with Gasteiger partial charge in [0.1, 0.15) is 5.76 Å². The number of hydrogen-bond acceptors (Lipinski definition) is 5. The van der Waals surface area contributed by atoms with E-state index in [1.54, 1.807) is 35.4 Å². The Morgan fingerprint density at radius 1 is 1.24 bits per heavy atom. The van der Waals surface area contributed by atoms with Gasteiger partial charge >= 0.3 is 5.97 Å². The summed E-state index contributed by atoms with van der Waals surface area (Å²) in [6.07, 6.45) is 4.25. The fourth-order valence-electron chi connectivity index (χ4n) is 4.29. The van der Waals surface area contributed by atoms with Gasteiger partial charge in [0.05, 0.1) is 17.3 Å².